The Labute approximate surface area is 108 Å². The van der Waals surface area contributed by atoms with Gasteiger partial charge in [0.25, 0.3) is 0 Å². The van der Waals surface area contributed by atoms with Crippen LogP contribution < -0.4 is 0 Å². The maximum Gasteiger partial charge on any atom is 0.303 e. The molecule has 6 heteroatoms. The fraction of sp³-hybridized carbons (Fsp3) is 0.583. The van der Waals surface area contributed by atoms with Crippen molar-refractivity contribution in [3.8, 4) is 0 Å². The smallest absolute Gasteiger partial charge is 0.303 e. The number of rotatable bonds is 5. The molecular weight excluding hydrogens is 240 g/mol. The van der Waals surface area contributed by atoms with E-state index in [2.05, 4.69) is 0 Å². The van der Waals surface area contributed by atoms with Crippen molar-refractivity contribution >= 4 is 5.97 Å². The topological polar surface area (TPSA) is 118 Å². The maximum atomic E-state index is 9.37. The monoisotopic (exact) mass is 264 g/mol. The summed E-state index contributed by atoms with van der Waals surface area (Å²) in [5.41, 5.74) is 0. The zero-order chi connectivity index (χ0) is 14.8. The molecule has 0 saturated heterocycles. The van der Waals surface area contributed by atoms with Gasteiger partial charge in [-0.2, -0.15) is 0 Å². The Morgan fingerprint density at radius 3 is 1.78 bits per heavy atom. The first-order chi connectivity index (χ1) is 8.49. The number of aliphatic hydroxyl groups excluding tert-OH is 4. The minimum atomic E-state index is -0.954. The average molecular weight is 264 g/mol. The molecule has 0 aliphatic carbocycles. The standard InChI is InChI=1S/C6H10O.C3H8O3.C3H6O2/c1-2-3-4-5-6-7;4-1-3(6)2-5;1-2-3(4)5/h2-5,7H,6H2,1H3;3-6H,1-2H2;2H2,1H3,(H,4,5)/b3-2+,5-4+;;. The molecule has 0 atom stereocenters. The van der Waals surface area contributed by atoms with Crippen LogP contribution in [-0.2, 0) is 4.79 Å². The molecule has 108 valence electrons. The second-order valence-corrected chi connectivity index (χ2v) is 2.90. The highest BCUT2D eigenvalue weighted by Gasteiger charge is 1.93. The van der Waals surface area contributed by atoms with Gasteiger partial charge in [-0.3, -0.25) is 4.79 Å². The molecule has 18 heavy (non-hydrogen) atoms. The van der Waals surface area contributed by atoms with Crippen molar-refractivity contribution in [2.24, 2.45) is 0 Å². The van der Waals surface area contributed by atoms with Crippen LogP contribution >= 0.6 is 0 Å². The van der Waals surface area contributed by atoms with Gasteiger partial charge in [-0.15, -0.1) is 0 Å². The molecule has 0 aromatic heterocycles. The van der Waals surface area contributed by atoms with Gasteiger partial charge in [0.2, 0.25) is 0 Å². The molecule has 0 aromatic rings. The zero-order valence-corrected chi connectivity index (χ0v) is 10.9. The fourth-order valence-corrected chi connectivity index (χ4v) is 0.308. The second-order valence-electron chi connectivity index (χ2n) is 2.90. The van der Waals surface area contributed by atoms with Crippen LogP contribution in [0.4, 0.5) is 0 Å². The van der Waals surface area contributed by atoms with Gasteiger partial charge in [0.1, 0.15) is 6.10 Å². The molecule has 6 nitrogen and oxygen atoms in total. The van der Waals surface area contributed by atoms with Crippen LogP contribution in [0.2, 0.25) is 0 Å². The van der Waals surface area contributed by atoms with Crippen LogP contribution in [0.5, 0.6) is 0 Å². The number of carbonyl (C=O) groups is 1. The van der Waals surface area contributed by atoms with Crippen LogP contribution in [0.3, 0.4) is 0 Å². The Balaban J connectivity index is -0.000000190. The van der Waals surface area contributed by atoms with Crippen LogP contribution in [0, 0.1) is 0 Å². The van der Waals surface area contributed by atoms with Gasteiger partial charge in [-0.05, 0) is 6.92 Å². The van der Waals surface area contributed by atoms with Gasteiger partial charge < -0.3 is 25.5 Å². The number of allylic oxidation sites excluding steroid dienone is 3. The Bertz CT molecular complexity index is 209. The lowest BCUT2D eigenvalue weighted by atomic mass is 10.4. The van der Waals surface area contributed by atoms with E-state index in [0.29, 0.717) is 0 Å². The number of hydrogen-bond acceptors (Lipinski definition) is 5. The minimum Gasteiger partial charge on any atom is -0.481 e. The van der Waals surface area contributed by atoms with Crippen LogP contribution in [-0.4, -0.2) is 57.4 Å². The minimum absolute atomic E-state index is 0.129. The van der Waals surface area contributed by atoms with Gasteiger partial charge in [0.15, 0.2) is 0 Å². The third-order valence-electron chi connectivity index (χ3n) is 1.27. The first kappa shape index (κ1) is 22.0. The Kier molecular flexibility index (Phi) is 25.8. The van der Waals surface area contributed by atoms with Crippen LogP contribution in [0.25, 0.3) is 0 Å². The molecule has 0 unspecified atom stereocenters. The predicted molar refractivity (Wildman–Crippen MR) is 69.1 cm³/mol. The summed E-state index contributed by atoms with van der Waals surface area (Å²) in [5, 5.41) is 39.9. The van der Waals surface area contributed by atoms with E-state index >= 15 is 0 Å². The predicted octanol–water partition coefficient (Wildman–Crippen LogP) is -0.0761. The van der Waals surface area contributed by atoms with E-state index < -0.39 is 12.1 Å². The number of carboxylic acids is 1. The molecule has 0 radical (unpaired) electrons. The van der Waals surface area contributed by atoms with Crippen molar-refractivity contribution in [1.29, 1.82) is 0 Å². The highest BCUT2D eigenvalue weighted by molar-refractivity contribution is 5.66. The summed E-state index contributed by atoms with van der Waals surface area (Å²) in [6.07, 6.45) is 6.53. The van der Waals surface area contributed by atoms with Crippen molar-refractivity contribution in [3.05, 3.63) is 24.3 Å². The van der Waals surface area contributed by atoms with E-state index in [-0.39, 0.29) is 26.2 Å². The molecule has 0 aromatic carbocycles. The maximum absolute atomic E-state index is 9.37. The highest BCUT2D eigenvalue weighted by Crippen LogP contribution is 1.72. The van der Waals surface area contributed by atoms with E-state index in [1.807, 2.05) is 19.1 Å². The number of aliphatic carboxylic acids is 1. The molecule has 0 aliphatic heterocycles. The molecule has 0 saturated carbocycles. The van der Waals surface area contributed by atoms with Crippen molar-refractivity contribution in [2.45, 2.75) is 26.4 Å². The quantitative estimate of drug-likeness (QED) is 0.443. The SMILES string of the molecule is C/C=C/C=C/CO.CCC(=O)O.OCC(O)CO. The lowest BCUT2D eigenvalue weighted by molar-refractivity contribution is -0.136. The Morgan fingerprint density at radius 1 is 1.17 bits per heavy atom. The van der Waals surface area contributed by atoms with E-state index in [1.54, 1.807) is 19.1 Å². The van der Waals surface area contributed by atoms with Gasteiger partial charge in [0, 0.05) is 6.42 Å². The summed E-state index contributed by atoms with van der Waals surface area (Å²) in [6, 6.07) is 0. The molecule has 0 amide bonds. The largest absolute Gasteiger partial charge is 0.481 e. The number of aliphatic hydroxyl groups is 4. The van der Waals surface area contributed by atoms with E-state index in [4.69, 9.17) is 25.5 Å². The molecule has 0 fully saturated rings. The van der Waals surface area contributed by atoms with Crippen molar-refractivity contribution in [3.63, 3.8) is 0 Å². The lowest BCUT2D eigenvalue weighted by Crippen LogP contribution is -2.15. The summed E-state index contributed by atoms with van der Waals surface area (Å²) in [4.78, 5) is 9.37. The average Bonchev–Trinajstić information content (AvgIpc) is 2.39. The van der Waals surface area contributed by atoms with Crippen LogP contribution in [0.1, 0.15) is 20.3 Å². The van der Waals surface area contributed by atoms with Gasteiger partial charge in [-0.1, -0.05) is 31.2 Å². The van der Waals surface area contributed by atoms with E-state index in [9.17, 15) is 4.79 Å². The Hall–Kier alpha value is -1.21. The first-order valence-corrected chi connectivity index (χ1v) is 5.50. The molecule has 0 rings (SSSR count). The number of hydrogen-bond donors (Lipinski definition) is 5. The van der Waals surface area contributed by atoms with Gasteiger partial charge in [-0.25, -0.2) is 0 Å². The third kappa shape index (κ3) is 36.4. The first-order valence-electron chi connectivity index (χ1n) is 5.50. The summed E-state index contributed by atoms with van der Waals surface area (Å²) in [6.45, 7) is 2.93. The molecule has 0 heterocycles. The van der Waals surface area contributed by atoms with E-state index in [1.165, 1.54) is 0 Å². The molecular formula is C12H24O6. The molecule has 5 N–H and O–H groups in total. The van der Waals surface area contributed by atoms with Gasteiger partial charge >= 0.3 is 5.97 Å². The normalized spacial score (nSPS) is 9.94. The zero-order valence-electron chi connectivity index (χ0n) is 10.9. The summed E-state index contributed by atoms with van der Waals surface area (Å²) in [5.74, 6) is -0.745. The van der Waals surface area contributed by atoms with Crippen molar-refractivity contribution < 1.29 is 30.3 Å². The summed E-state index contributed by atoms with van der Waals surface area (Å²) >= 11 is 0. The Morgan fingerprint density at radius 2 is 1.61 bits per heavy atom. The molecule has 0 spiro atoms. The lowest BCUT2D eigenvalue weighted by Gasteiger charge is -1.96. The van der Waals surface area contributed by atoms with Crippen molar-refractivity contribution in [2.75, 3.05) is 19.8 Å². The summed E-state index contributed by atoms with van der Waals surface area (Å²) < 4.78 is 0. The second kappa shape index (κ2) is 21.1. The van der Waals surface area contributed by atoms with Crippen LogP contribution in [0.15, 0.2) is 24.3 Å². The van der Waals surface area contributed by atoms with Crippen molar-refractivity contribution in [1.82, 2.24) is 0 Å². The highest BCUT2D eigenvalue weighted by atomic mass is 16.4. The summed E-state index contributed by atoms with van der Waals surface area (Å²) in [7, 11) is 0. The fourth-order valence-electron chi connectivity index (χ4n) is 0.308. The molecule has 0 bridgehead atoms. The number of carboxylic acid groups (broad SMARTS) is 1. The van der Waals surface area contributed by atoms with E-state index in [0.717, 1.165) is 0 Å². The third-order valence-corrected chi connectivity index (χ3v) is 1.27. The molecule has 0 aliphatic rings. The van der Waals surface area contributed by atoms with Gasteiger partial charge in [0.05, 0.1) is 19.8 Å².